The summed E-state index contributed by atoms with van der Waals surface area (Å²) in [6.07, 6.45) is 2.78. The zero-order chi connectivity index (χ0) is 15.1. The van der Waals surface area contributed by atoms with Gasteiger partial charge in [0.15, 0.2) is 0 Å². The zero-order valence-electron chi connectivity index (χ0n) is 13.1. The second kappa shape index (κ2) is 7.40. The molecule has 0 aromatic carbocycles. The number of hydrogen-bond acceptors (Lipinski definition) is 7. The largest absolute Gasteiger partial charge is 0.463 e. The average Bonchev–Trinajstić information content (AvgIpc) is 2.45. The monoisotopic (exact) mass is 295 g/mol. The van der Waals surface area contributed by atoms with Crippen molar-refractivity contribution >= 4 is 11.9 Å². The molecule has 1 fully saturated rings. The lowest BCUT2D eigenvalue weighted by Crippen LogP contribution is -2.41. The molecule has 1 aliphatic rings. The summed E-state index contributed by atoms with van der Waals surface area (Å²) in [7, 11) is 0. The van der Waals surface area contributed by atoms with Gasteiger partial charge in [0.2, 0.25) is 11.9 Å². The van der Waals surface area contributed by atoms with Crippen LogP contribution in [0.15, 0.2) is 0 Å². The van der Waals surface area contributed by atoms with Gasteiger partial charge in [0.1, 0.15) is 0 Å². The lowest BCUT2D eigenvalue weighted by Gasteiger charge is -2.34. The van der Waals surface area contributed by atoms with Gasteiger partial charge in [0.25, 0.3) is 0 Å². The second-order valence-corrected chi connectivity index (χ2v) is 5.44. The topological polar surface area (TPSA) is 81.2 Å². The van der Waals surface area contributed by atoms with Crippen molar-refractivity contribution in [2.75, 3.05) is 37.0 Å². The highest BCUT2D eigenvalue weighted by molar-refractivity contribution is 5.38. The highest BCUT2D eigenvalue weighted by atomic mass is 16.5. The van der Waals surface area contributed by atoms with Crippen LogP contribution in [0, 0.1) is 0 Å². The third kappa shape index (κ3) is 4.70. The third-order valence-electron chi connectivity index (χ3n) is 3.40. The number of anilines is 2. The first-order chi connectivity index (χ1) is 10.1. The zero-order valence-corrected chi connectivity index (χ0v) is 13.1. The lowest BCUT2D eigenvalue weighted by atomic mass is 9.93. The van der Waals surface area contributed by atoms with Crippen LogP contribution in [0.1, 0.15) is 40.0 Å². The van der Waals surface area contributed by atoms with Crippen LogP contribution < -0.4 is 15.4 Å². The van der Waals surface area contributed by atoms with E-state index in [1.165, 1.54) is 0 Å². The van der Waals surface area contributed by atoms with Crippen LogP contribution in [0.25, 0.3) is 0 Å². The highest BCUT2D eigenvalue weighted by Crippen LogP contribution is 2.24. The Labute approximate surface area is 125 Å². The van der Waals surface area contributed by atoms with Crippen molar-refractivity contribution in [1.82, 2.24) is 15.0 Å². The van der Waals surface area contributed by atoms with Crippen molar-refractivity contribution < 1.29 is 9.47 Å². The molecule has 0 unspecified atom stereocenters. The molecule has 1 aliphatic heterocycles. The van der Waals surface area contributed by atoms with Crippen LogP contribution in [-0.2, 0) is 4.74 Å². The lowest BCUT2D eigenvalue weighted by molar-refractivity contribution is 0.0655. The van der Waals surface area contributed by atoms with Gasteiger partial charge in [-0.25, -0.2) is 0 Å². The van der Waals surface area contributed by atoms with Crippen molar-refractivity contribution in [3.8, 4) is 6.01 Å². The maximum atomic E-state index is 5.54. The Bertz CT molecular complexity index is 449. The first kappa shape index (κ1) is 15.8. The standard InChI is InChI=1S/C14H25N5O2/c1-4-8-21-13-17-11(15-5-2)16-12(18-13)19-14(3)6-9-20-10-7-14/h4-10H2,1-3H3,(H2,15,16,17,18,19). The predicted molar refractivity (Wildman–Crippen MR) is 81.9 cm³/mol. The Balaban J connectivity index is 2.14. The van der Waals surface area contributed by atoms with Crippen LogP contribution >= 0.6 is 0 Å². The molecule has 2 N–H and O–H groups in total. The van der Waals surface area contributed by atoms with Gasteiger partial charge in [-0.15, -0.1) is 0 Å². The maximum Gasteiger partial charge on any atom is 0.323 e. The molecule has 0 amide bonds. The Hall–Kier alpha value is -1.63. The fourth-order valence-electron chi connectivity index (χ4n) is 2.12. The predicted octanol–water partition coefficient (Wildman–Crippen LogP) is 2.07. The van der Waals surface area contributed by atoms with E-state index in [1.54, 1.807) is 0 Å². The average molecular weight is 295 g/mol. The third-order valence-corrected chi connectivity index (χ3v) is 3.40. The van der Waals surface area contributed by atoms with E-state index in [1.807, 2.05) is 6.92 Å². The Morgan fingerprint density at radius 3 is 2.52 bits per heavy atom. The van der Waals surface area contributed by atoms with Crippen molar-refractivity contribution in [1.29, 1.82) is 0 Å². The summed E-state index contributed by atoms with van der Waals surface area (Å²) in [5.41, 5.74) is -0.0505. The number of nitrogens with zero attached hydrogens (tertiary/aromatic N) is 3. The fraction of sp³-hybridized carbons (Fsp3) is 0.786. The minimum absolute atomic E-state index is 0.0505. The minimum Gasteiger partial charge on any atom is -0.463 e. The molecule has 118 valence electrons. The minimum atomic E-state index is -0.0505. The van der Waals surface area contributed by atoms with Crippen molar-refractivity contribution in [3.05, 3.63) is 0 Å². The molecule has 21 heavy (non-hydrogen) atoms. The molecule has 0 saturated carbocycles. The summed E-state index contributed by atoms with van der Waals surface area (Å²) in [5, 5.41) is 6.52. The van der Waals surface area contributed by atoms with E-state index >= 15 is 0 Å². The normalized spacial score (nSPS) is 17.3. The Kier molecular flexibility index (Phi) is 5.55. The second-order valence-electron chi connectivity index (χ2n) is 5.44. The van der Waals surface area contributed by atoms with Gasteiger partial charge < -0.3 is 20.1 Å². The highest BCUT2D eigenvalue weighted by Gasteiger charge is 2.28. The number of rotatable bonds is 7. The van der Waals surface area contributed by atoms with Gasteiger partial charge in [0.05, 0.1) is 6.61 Å². The molecule has 1 aromatic rings. The summed E-state index contributed by atoms with van der Waals surface area (Å²) in [5.74, 6) is 1.09. The van der Waals surface area contributed by atoms with E-state index in [0.717, 1.165) is 39.0 Å². The van der Waals surface area contributed by atoms with Gasteiger partial charge in [-0.05, 0) is 33.1 Å². The van der Waals surface area contributed by atoms with Crippen molar-refractivity contribution in [2.24, 2.45) is 0 Å². The van der Waals surface area contributed by atoms with Crippen LogP contribution in [-0.4, -0.2) is 46.9 Å². The van der Waals surface area contributed by atoms with Gasteiger partial charge in [-0.3, -0.25) is 0 Å². The Morgan fingerprint density at radius 1 is 1.14 bits per heavy atom. The number of aromatic nitrogens is 3. The molecule has 1 aromatic heterocycles. The summed E-state index contributed by atoms with van der Waals surface area (Å²) in [6.45, 7) is 9.08. The number of hydrogen-bond donors (Lipinski definition) is 2. The molecule has 0 spiro atoms. The van der Waals surface area contributed by atoms with E-state index in [2.05, 4.69) is 39.4 Å². The van der Waals surface area contributed by atoms with E-state index in [9.17, 15) is 0 Å². The van der Waals surface area contributed by atoms with E-state index < -0.39 is 0 Å². The van der Waals surface area contributed by atoms with Crippen LogP contribution in [0.2, 0.25) is 0 Å². The smallest absolute Gasteiger partial charge is 0.323 e. The summed E-state index contributed by atoms with van der Waals surface area (Å²) < 4.78 is 10.9. The van der Waals surface area contributed by atoms with Crippen LogP contribution in [0.4, 0.5) is 11.9 Å². The quantitative estimate of drug-likeness (QED) is 0.797. The summed E-state index contributed by atoms with van der Waals surface area (Å²) >= 11 is 0. The molecule has 7 heteroatoms. The van der Waals surface area contributed by atoms with E-state index in [4.69, 9.17) is 9.47 Å². The van der Waals surface area contributed by atoms with Crippen LogP contribution in [0.3, 0.4) is 0 Å². The Morgan fingerprint density at radius 2 is 1.86 bits per heavy atom. The first-order valence-electron chi connectivity index (χ1n) is 7.64. The molecular weight excluding hydrogens is 270 g/mol. The molecule has 0 bridgehead atoms. The summed E-state index contributed by atoms with van der Waals surface area (Å²) in [4.78, 5) is 13.0. The van der Waals surface area contributed by atoms with Gasteiger partial charge >= 0.3 is 6.01 Å². The van der Waals surface area contributed by atoms with Crippen molar-refractivity contribution in [3.63, 3.8) is 0 Å². The number of ether oxygens (including phenoxy) is 2. The van der Waals surface area contributed by atoms with Crippen molar-refractivity contribution in [2.45, 2.75) is 45.6 Å². The van der Waals surface area contributed by atoms with Gasteiger partial charge in [-0.1, -0.05) is 6.92 Å². The molecule has 0 atom stereocenters. The SMILES string of the molecule is CCCOc1nc(NCC)nc(NC2(C)CCOCC2)n1. The van der Waals surface area contributed by atoms with E-state index in [0.29, 0.717) is 24.5 Å². The molecule has 2 heterocycles. The summed E-state index contributed by atoms with van der Waals surface area (Å²) in [6, 6.07) is 0.362. The van der Waals surface area contributed by atoms with E-state index in [-0.39, 0.29) is 5.54 Å². The molecule has 0 aliphatic carbocycles. The fourth-order valence-corrected chi connectivity index (χ4v) is 2.12. The first-order valence-corrected chi connectivity index (χ1v) is 7.64. The van der Waals surface area contributed by atoms with Gasteiger partial charge in [0, 0.05) is 25.3 Å². The van der Waals surface area contributed by atoms with Gasteiger partial charge in [-0.2, -0.15) is 15.0 Å². The maximum absolute atomic E-state index is 5.54. The molecular formula is C14H25N5O2. The molecule has 7 nitrogen and oxygen atoms in total. The van der Waals surface area contributed by atoms with Crippen LogP contribution in [0.5, 0.6) is 6.01 Å². The molecule has 1 saturated heterocycles. The molecule has 0 radical (unpaired) electrons. The molecule has 2 rings (SSSR count). The number of nitrogens with one attached hydrogen (secondary N) is 2.